The monoisotopic (exact) mass is 450 g/mol. The molecule has 0 aliphatic carbocycles. The number of rotatable bonds is 6. The quantitative estimate of drug-likeness (QED) is 0.677. The summed E-state index contributed by atoms with van der Waals surface area (Å²) in [6, 6.07) is 11.2. The first-order valence-corrected chi connectivity index (χ1v) is 12.7. The Kier molecular flexibility index (Phi) is 6.35. The van der Waals surface area contributed by atoms with Crippen LogP contribution in [0.25, 0.3) is 0 Å². The van der Waals surface area contributed by atoms with E-state index in [-0.39, 0.29) is 33.3 Å². The second-order valence-corrected chi connectivity index (χ2v) is 11.2. The van der Waals surface area contributed by atoms with Crippen molar-refractivity contribution in [1.29, 1.82) is 0 Å². The summed E-state index contributed by atoms with van der Waals surface area (Å²) in [4.78, 5) is 11.5. The van der Waals surface area contributed by atoms with Crippen LogP contribution in [-0.2, 0) is 20.0 Å². The Bertz CT molecular complexity index is 1110. The third-order valence-corrected chi connectivity index (χ3v) is 8.91. The predicted octanol–water partition coefficient (Wildman–Crippen LogP) is 3.64. The first-order chi connectivity index (χ1) is 14.0. The van der Waals surface area contributed by atoms with E-state index in [1.165, 1.54) is 55.5 Å². The van der Waals surface area contributed by atoms with Gasteiger partial charge in [0.25, 0.3) is 10.0 Å². The Labute approximate surface area is 178 Å². The maximum absolute atomic E-state index is 13.1. The summed E-state index contributed by atoms with van der Waals surface area (Å²) in [5.74, 6) is -0.152. The highest BCUT2D eigenvalue weighted by molar-refractivity contribution is 7.92. The summed E-state index contributed by atoms with van der Waals surface area (Å²) >= 11 is 0. The number of sulfonamides is 2. The maximum Gasteiger partial charge on any atom is 0.261 e. The number of ketones is 1. The van der Waals surface area contributed by atoms with E-state index in [0.29, 0.717) is 5.56 Å². The third-order valence-electron chi connectivity index (χ3n) is 5.37. The summed E-state index contributed by atoms with van der Waals surface area (Å²) in [6.45, 7) is 5.23. The van der Waals surface area contributed by atoms with Crippen molar-refractivity contribution >= 4 is 31.5 Å². The molecule has 0 radical (unpaired) electrons. The summed E-state index contributed by atoms with van der Waals surface area (Å²) in [5, 5.41) is 0. The average Bonchev–Trinajstić information content (AvgIpc) is 2.68. The topological polar surface area (TPSA) is 101 Å². The molecule has 2 aromatic rings. The van der Waals surface area contributed by atoms with Crippen LogP contribution in [0, 0.1) is 0 Å². The van der Waals surface area contributed by atoms with Crippen LogP contribution in [0.5, 0.6) is 0 Å². The molecule has 3 rings (SSSR count). The number of hydrogen-bond acceptors (Lipinski definition) is 5. The second kappa shape index (κ2) is 8.49. The molecule has 0 amide bonds. The SMILES string of the molecule is CC(=O)c1ccc(S(=O)(=O)Nc2ccc(S(=O)(=O)N3C(C)CCCC3C)cc2)cc1. The van der Waals surface area contributed by atoms with Gasteiger partial charge in [-0.05, 0) is 70.0 Å². The van der Waals surface area contributed by atoms with Crippen LogP contribution in [0.2, 0.25) is 0 Å². The molecule has 1 aliphatic heterocycles. The number of hydrogen-bond donors (Lipinski definition) is 1. The highest BCUT2D eigenvalue weighted by Crippen LogP contribution is 2.30. The molecule has 2 unspecified atom stereocenters. The molecular formula is C21H26N2O5S2. The van der Waals surface area contributed by atoms with Gasteiger partial charge in [0.2, 0.25) is 10.0 Å². The lowest BCUT2D eigenvalue weighted by atomic mass is 10.0. The molecule has 0 aromatic heterocycles. The van der Waals surface area contributed by atoms with Crippen molar-refractivity contribution in [2.45, 2.75) is 61.9 Å². The van der Waals surface area contributed by atoms with E-state index in [0.717, 1.165) is 19.3 Å². The smallest absolute Gasteiger partial charge is 0.261 e. The zero-order valence-electron chi connectivity index (χ0n) is 17.2. The molecule has 162 valence electrons. The predicted molar refractivity (Wildman–Crippen MR) is 115 cm³/mol. The van der Waals surface area contributed by atoms with Gasteiger partial charge < -0.3 is 0 Å². The minimum Gasteiger partial charge on any atom is -0.295 e. The van der Waals surface area contributed by atoms with Gasteiger partial charge >= 0.3 is 0 Å². The molecule has 0 bridgehead atoms. The molecule has 0 spiro atoms. The molecule has 1 fully saturated rings. The zero-order chi connectivity index (χ0) is 22.1. The van der Waals surface area contributed by atoms with E-state index in [1.807, 2.05) is 13.8 Å². The summed E-state index contributed by atoms with van der Waals surface area (Å²) < 4.78 is 55.3. The van der Waals surface area contributed by atoms with Crippen molar-refractivity contribution in [1.82, 2.24) is 4.31 Å². The average molecular weight is 451 g/mol. The fourth-order valence-electron chi connectivity index (χ4n) is 3.77. The minimum absolute atomic E-state index is 0.0140. The molecule has 7 nitrogen and oxygen atoms in total. The molecule has 1 saturated heterocycles. The van der Waals surface area contributed by atoms with Crippen LogP contribution in [0.1, 0.15) is 50.4 Å². The Hall–Kier alpha value is -2.23. The van der Waals surface area contributed by atoms with Gasteiger partial charge in [0.15, 0.2) is 5.78 Å². The van der Waals surface area contributed by atoms with Crippen LogP contribution in [-0.4, -0.2) is 39.0 Å². The highest BCUT2D eigenvalue weighted by Gasteiger charge is 2.35. The number of Topliss-reactive ketones (excluding diaryl/α,β-unsaturated/α-hetero) is 1. The number of nitrogens with zero attached hydrogens (tertiary/aromatic N) is 1. The molecule has 1 N–H and O–H groups in total. The van der Waals surface area contributed by atoms with Crippen LogP contribution >= 0.6 is 0 Å². The van der Waals surface area contributed by atoms with E-state index in [4.69, 9.17) is 0 Å². The maximum atomic E-state index is 13.1. The molecular weight excluding hydrogens is 424 g/mol. The minimum atomic E-state index is -3.86. The lowest BCUT2D eigenvalue weighted by Gasteiger charge is -2.37. The van der Waals surface area contributed by atoms with E-state index < -0.39 is 20.0 Å². The molecule has 1 aliphatic rings. The lowest BCUT2D eigenvalue weighted by molar-refractivity contribution is 0.101. The van der Waals surface area contributed by atoms with Crippen molar-refractivity contribution < 1.29 is 21.6 Å². The van der Waals surface area contributed by atoms with Crippen molar-refractivity contribution in [2.75, 3.05) is 4.72 Å². The fourth-order valence-corrected chi connectivity index (χ4v) is 6.71. The van der Waals surface area contributed by atoms with Gasteiger partial charge in [-0.25, -0.2) is 16.8 Å². The number of nitrogens with one attached hydrogen (secondary N) is 1. The number of anilines is 1. The third kappa shape index (κ3) is 4.58. The normalized spacial score (nSPS) is 20.6. The standard InChI is InChI=1S/C21H26N2O5S2/c1-15-5-4-6-16(2)23(15)30(27,28)21-13-9-19(10-14-21)22-29(25,26)20-11-7-18(8-12-20)17(3)24/h7-16,22H,4-6H2,1-3H3. The van der Waals surface area contributed by atoms with Gasteiger partial charge in [0.05, 0.1) is 9.79 Å². The number of carbonyl (C=O) groups excluding carboxylic acids is 1. The number of piperidine rings is 1. The summed E-state index contributed by atoms with van der Waals surface area (Å²) in [6.07, 6.45) is 2.65. The van der Waals surface area contributed by atoms with Gasteiger partial charge in [-0.1, -0.05) is 18.6 Å². The molecule has 2 aromatic carbocycles. The highest BCUT2D eigenvalue weighted by atomic mass is 32.2. The van der Waals surface area contributed by atoms with E-state index in [9.17, 15) is 21.6 Å². The van der Waals surface area contributed by atoms with Crippen LogP contribution < -0.4 is 4.72 Å². The summed E-state index contributed by atoms with van der Waals surface area (Å²) in [5.41, 5.74) is 0.675. The van der Waals surface area contributed by atoms with Crippen LogP contribution in [0.4, 0.5) is 5.69 Å². The van der Waals surface area contributed by atoms with Crippen LogP contribution in [0.15, 0.2) is 58.3 Å². The number of benzene rings is 2. The van der Waals surface area contributed by atoms with Gasteiger partial charge in [-0.3, -0.25) is 9.52 Å². The Balaban J connectivity index is 1.80. The van der Waals surface area contributed by atoms with Gasteiger partial charge in [0.1, 0.15) is 0 Å². The number of carbonyl (C=O) groups is 1. The van der Waals surface area contributed by atoms with E-state index in [2.05, 4.69) is 4.72 Å². The largest absolute Gasteiger partial charge is 0.295 e. The van der Waals surface area contributed by atoms with Crippen molar-refractivity contribution in [3.8, 4) is 0 Å². The Morgan fingerprint density at radius 1 is 0.867 bits per heavy atom. The van der Waals surface area contributed by atoms with E-state index >= 15 is 0 Å². The van der Waals surface area contributed by atoms with Crippen molar-refractivity contribution in [2.24, 2.45) is 0 Å². The first-order valence-electron chi connectivity index (χ1n) is 9.80. The first kappa shape index (κ1) is 22.5. The molecule has 30 heavy (non-hydrogen) atoms. The van der Waals surface area contributed by atoms with Gasteiger partial charge in [-0.2, -0.15) is 4.31 Å². The van der Waals surface area contributed by atoms with E-state index in [1.54, 1.807) is 4.31 Å². The second-order valence-electron chi connectivity index (χ2n) is 7.67. The molecule has 0 saturated carbocycles. The van der Waals surface area contributed by atoms with Gasteiger partial charge in [0, 0.05) is 23.3 Å². The zero-order valence-corrected chi connectivity index (χ0v) is 18.8. The van der Waals surface area contributed by atoms with Gasteiger partial charge in [-0.15, -0.1) is 0 Å². The Morgan fingerprint density at radius 3 is 1.87 bits per heavy atom. The van der Waals surface area contributed by atoms with Crippen molar-refractivity contribution in [3.05, 3.63) is 54.1 Å². The summed E-state index contributed by atoms with van der Waals surface area (Å²) in [7, 11) is -7.53. The molecule has 2 atom stereocenters. The van der Waals surface area contributed by atoms with Crippen molar-refractivity contribution in [3.63, 3.8) is 0 Å². The van der Waals surface area contributed by atoms with Crippen LogP contribution in [0.3, 0.4) is 0 Å². The Morgan fingerprint density at radius 2 is 1.37 bits per heavy atom. The lowest BCUT2D eigenvalue weighted by Crippen LogP contribution is -2.47. The molecule has 1 heterocycles. The fraction of sp³-hybridized carbons (Fsp3) is 0.381. The molecule has 9 heteroatoms.